The first-order valence-electron chi connectivity index (χ1n) is 11.7. The molecule has 0 spiro atoms. The van der Waals surface area contributed by atoms with Crippen LogP contribution in [-0.2, 0) is 11.4 Å². The van der Waals surface area contributed by atoms with Crippen molar-refractivity contribution in [3.63, 3.8) is 0 Å². The van der Waals surface area contributed by atoms with E-state index in [2.05, 4.69) is 10.3 Å². The number of carbonyl (C=O) groups is 1. The number of nitrogens with zero attached hydrogens (tertiary/aromatic N) is 2. The van der Waals surface area contributed by atoms with Crippen LogP contribution in [0.5, 0.6) is 11.5 Å². The molecule has 6 nitrogen and oxygen atoms in total. The van der Waals surface area contributed by atoms with Gasteiger partial charge in [0.1, 0.15) is 12.3 Å². The Bertz CT molecular complexity index is 1100. The number of anilines is 1. The molecule has 0 saturated heterocycles. The van der Waals surface area contributed by atoms with Crippen molar-refractivity contribution in [1.29, 1.82) is 0 Å². The summed E-state index contributed by atoms with van der Waals surface area (Å²) in [6.45, 7) is 0.324. The normalized spacial score (nSPS) is 28.1. The minimum absolute atomic E-state index is 0.174. The second kappa shape index (κ2) is 7.54. The van der Waals surface area contributed by atoms with Crippen LogP contribution >= 0.6 is 0 Å². The first-order chi connectivity index (χ1) is 15.6. The monoisotopic (exact) mass is 431 g/mol. The fourth-order valence-electron chi connectivity index (χ4n) is 6.73. The fraction of sp³-hybridized carbons (Fsp3) is 0.462. The molecule has 4 bridgehead atoms. The van der Waals surface area contributed by atoms with Crippen molar-refractivity contribution in [1.82, 2.24) is 9.38 Å². The number of benzene rings is 1. The van der Waals surface area contributed by atoms with Gasteiger partial charge in [0.25, 0.3) is 0 Å². The lowest BCUT2D eigenvalue weighted by Crippen LogP contribution is -2.51. The minimum atomic E-state index is -0.174. The number of pyridine rings is 1. The Morgan fingerprint density at radius 3 is 2.53 bits per heavy atom. The van der Waals surface area contributed by atoms with Crippen LogP contribution in [0.15, 0.2) is 48.8 Å². The molecule has 6 heteroatoms. The molecular formula is C26H29N3O3. The SMILES string of the molecule is COc1ccc(NC(=O)C23CC4CC(CC(C4)C2)C3)cc1OCc1cn2ccccc2n1. The topological polar surface area (TPSA) is 64.9 Å². The van der Waals surface area contributed by atoms with E-state index in [1.54, 1.807) is 7.11 Å². The summed E-state index contributed by atoms with van der Waals surface area (Å²) < 4.78 is 13.5. The number of fused-ring (bicyclic) bond motifs is 1. The Balaban J connectivity index is 1.19. The first-order valence-corrected chi connectivity index (χ1v) is 11.7. The summed E-state index contributed by atoms with van der Waals surface area (Å²) in [6, 6.07) is 11.5. The predicted octanol–water partition coefficient (Wildman–Crippen LogP) is 5.08. The molecule has 2 heterocycles. The van der Waals surface area contributed by atoms with Gasteiger partial charge in [-0.15, -0.1) is 0 Å². The molecule has 1 N–H and O–H groups in total. The largest absolute Gasteiger partial charge is 0.493 e. The summed E-state index contributed by atoms with van der Waals surface area (Å²) in [5, 5.41) is 3.22. The van der Waals surface area contributed by atoms with E-state index < -0.39 is 0 Å². The third-order valence-corrected chi connectivity index (χ3v) is 7.73. The highest BCUT2D eigenvalue weighted by Gasteiger charge is 2.54. The molecule has 7 rings (SSSR count). The molecule has 32 heavy (non-hydrogen) atoms. The van der Waals surface area contributed by atoms with Crippen LogP contribution < -0.4 is 14.8 Å². The Hall–Kier alpha value is -3.02. The molecule has 4 fully saturated rings. The quantitative estimate of drug-likeness (QED) is 0.591. The zero-order chi connectivity index (χ0) is 21.7. The molecular weight excluding hydrogens is 402 g/mol. The number of ether oxygens (including phenoxy) is 2. The van der Waals surface area contributed by atoms with Crippen molar-refractivity contribution in [3.05, 3.63) is 54.5 Å². The van der Waals surface area contributed by atoms with Crippen LogP contribution in [0.1, 0.15) is 44.2 Å². The van der Waals surface area contributed by atoms with Crippen molar-refractivity contribution in [2.45, 2.75) is 45.1 Å². The van der Waals surface area contributed by atoms with Crippen molar-refractivity contribution in [3.8, 4) is 11.5 Å². The number of methoxy groups -OCH3 is 1. The summed E-state index contributed by atoms with van der Waals surface area (Å²) in [4.78, 5) is 18.0. The standard InChI is InChI=1S/C26H29N3O3/c1-31-22-6-5-20(11-23(22)32-16-21-15-29-7-3-2-4-24(29)27-21)28-25(30)26-12-17-8-18(13-26)10-19(9-17)14-26/h2-7,11,15,17-19H,8-10,12-14,16H2,1H3,(H,28,30). The predicted molar refractivity (Wildman–Crippen MR) is 122 cm³/mol. The molecule has 0 radical (unpaired) electrons. The maximum atomic E-state index is 13.4. The minimum Gasteiger partial charge on any atom is -0.493 e. The number of imidazole rings is 1. The summed E-state index contributed by atoms with van der Waals surface area (Å²) in [7, 11) is 1.63. The Morgan fingerprint density at radius 2 is 1.84 bits per heavy atom. The van der Waals surface area contributed by atoms with Gasteiger partial charge in [0.05, 0.1) is 18.2 Å². The molecule has 1 amide bonds. The third-order valence-electron chi connectivity index (χ3n) is 7.73. The van der Waals surface area contributed by atoms with Crippen molar-refractivity contribution >= 4 is 17.2 Å². The lowest BCUT2D eigenvalue weighted by Gasteiger charge is -2.55. The summed E-state index contributed by atoms with van der Waals surface area (Å²) in [5.41, 5.74) is 2.30. The van der Waals surface area contributed by atoms with E-state index in [-0.39, 0.29) is 11.3 Å². The number of rotatable bonds is 6. The highest BCUT2D eigenvalue weighted by molar-refractivity contribution is 5.96. The lowest BCUT2D eigenvalue weighted by molar-refractivity contribution is -0.140. The van der Waals surface area contributed by atoms with Gasteiger partial charge in [0.15, 0.2) is 11.5 Å². The van der Waals surface area contributed by atoms with E-state index in [1.165, 1.54) is 19.3 Å². The number of hydrogen-bond acceptors (Lipinski definition) is 4. The number of nitrogens with one attached hydrogen (secondary N) is 1. The van der Waals surface area contributed by atoms with Crippen LogP contribution in [-0.4, -0.2) is 22.4 Å². The van der Waals surface area contributed by atoms with Gasteiger partial charge < -0.3 is 19.2 Å². The molecule has 3 aromatic rings. The van der Waals surface area contributed by atoms with Gasteiger partial charge >= 0.3 is 0 Å². The van der Waals surface area contributed by atoms with Gasteiger partial charge in [-0.05, 0) is 80.5 Å². The maximum Gasteiger partial charge on any atom is 0.230 e. The van der Waals surface area contributed by atoms with Crippen molar-refractivity contribution in [2.24, 2.45) is 23.2 Å². The number of amides is 1. The van der Waals surface area contributed by atoms with E-state index in [9.17, 15) is 4.79 Å². The highest BCUT2D eigenvalue weighted by atomic mass is 16.5. The Labute approximate surface area is 187 Å². The third kappa shape index (κ3) is 3.42. The van der Waals surface area contributed by atoms with Gasteiger partial charge in [0.2, 0.25) is 5.91 Å². The average molecular weight is 432 g/mol. The molecule has 4 saturated carbocycles. The second-order valence-electron chi connectivity index (χ2n) is 10.0. The van der Waals surface area contributed by atoms with Gasteiger partial charge in [0, 0.05) is 24.1 Å². The van der Waals surface area contributed by atoms with E-state index in [1.807, 2.05) is 53.2 Å². The Kier molecular flexibility index (Phi) is 4.63. The van der Waals surface area contributed by atoms with Gasteiger partial charge in [-0.1, -0.05) is 6.07 Å². The van der Waals surface area contributed by atoms with E-state index in [4.69, 9.17) is 9.47 Å². The lowest BCUT2D eigenvalue weighted by atomic mass is 9.49. The van der Waals surface area contributed by atoms with Crippen LogP contribution in [0.4, 0.5) is 5.69 Å². The van der Waals surface area contributed by atoms with Crippen LogP contribution in [0.2, 0.25) is 0 Å². The van der Waals surface area contributed by atoms with Crippen LogP contribution in [0.3, 0.4) is 0 Å². The van der Waals surface area contributed by atoms with Crippen molar-refractivity contribution in [2.75, 3.05) is 12.4 Å². The summed E-state index contributed by atoms with van der Waals surface area (Å²) >= 11 is 0. The average Bonchev–Trinajstić information content (AvgIpc) is 3.20. The molecule has 1 aromatic carbocycles. The van der Waals surface area contributed by atoms with Crippen LogP contribution in [0, 0.1) is 23.2 Å². The molecule has 4 aliphatic rings. The molecule has 166 valence electrons. The zero-order valence-electron chi connectivity index (χ0n) is 18.4. The highest BCUT2D eigenvalue weighted by Crippen LogP contribution is 2.60. The molecule has 2 aromatic heterocycles. The van der Waals surface area contributed by atoms with Gasteiger partial charge in [-0.3, -0.25) is 4.79 Å². The number of aromatic nitrogens is 2. The molecule has 0 unspecified atom stereocenters. The van der Waals surface area contributed by atoms with Gasteiger partial charge in [-0.25, -0.2) is 4.98 Å². The van der Waals surface area contributed by atoms with E-state index in [0.717, 1.165) is 54.0 Å². The molecule has 0 atom stereocenters. The number of carbonyl (C=O) groups excluding carboxylic acids is 1. The first kappa shape index (κ1) is 19.6. The summed E-state index contributed by atoms with van der Waals surface area (Å²) in [5.74, 6) is 3.66. The van der Waals surface area contributed by atoms with Crippen molar-refractivity contribution < 1.29 is 14.3 Å². The maximum absolute atomic E-state index is 13.4. The molecule has 4 aliphatic carbocycles. The van der Waals surface area contributed by atoms with Crippen LogP contribution in [0.25, 0.3) is 5.65 Å². The smallest absolute Gasteiger partial charge is 0.230 e. The zero-order valence-corrected chi connectivity index (χ0v) is 18.4. The second-order valence-corrected chi connectivity index (χ2v) is 10.0. The fourth-order valence-corrected chi connectivity index (χ4v) is 6.73. The summed E-state index contributed by atoms with van der Waals surface area (Å²) in [6.07, 6.45) is 11.1. The number of hydrogen-bond donors (Lipinski definition) is 1. The van der Waals surface area contributed by atoms with Gasteiger partial charge in [-0.2, -0.15) is 0 Å². The van der Waals surface area contributed by atoms with E-state index in [0.29, 0.717) is 18.1 Å². The molecule has 0 aliphatic heterocycles. The Morgan fingerprint density at radius 1 is 1.09 bits per heavy atom. The van der Waals surface area contributed by atoms with E-state index >= 15 is 0 Å².